The third-order valence-electron chi connectivity index (χ3n) is 2.94. The number of carbonyl (C=O) groups is 1. The summed E-state index contributed by atoms with van der Waals surface area (Å²) in [5, 5.41) is 0.896. The number of hydrogen-bond acceptors (Lipinski definition) is 5. The van der Waals surface area contributed by atoms with Crippen LogP contribution in [0.3, 0.4) is 0 Å². The van der Waals surface area contributed by atoms with E-state index in [0.717, 1.165) is 16.3 Å². The third-order valence-corrected chi connectivity index (χ3v) is 3.93. The van der Waals surface area contributed by atoms with Crippen molar-refractivity contribution in [3.05, 3.63) is 54.0 Å². The van der Waals surface area contributed by atoms with E-state index in [1.54, 1.807) is 30.4 Å². The average molecular weight is 288 g/mol. The highest BCUT2D eigenvalue weighted by Crippen LogP contribution is 2.21. The monoisotopic (exact) mass is 288 g/mol. The molecule has 1 heterocycles. The van der Waals surface area contributed by atoms with Gasteiger partial charge in [-0.2, -0.15) is 0 Å². The van der Waals surface area contributed by atoms with Gasteiger partial charge in [0.05, 0.1) is 12.1 Å². The first kappa shape index (κ1) is 14.5. The smallest absolute Gasteiger partial charge is 0.241 e. The third kappa shape index (κ3) is 3.79. The molecule has 1 atom stereocenters. The van der Waals surface area contributed by atoms with Crippen LogP contribution >= 0.6 is 11.8 Å². The lowest BCUT2D eigenvalue weighted by atomic mass is 10.00. The van der Waals surface area contributed by atoms with Crippen LogP contribution in [0.4, 0.5) is 0 Å². The van der Waals surface area contributed by atoms with Gasteiger partial charge in [-0.3, -0.25) is 15.2 Å². The second kappa shape index (κ2) is 7.02. The molecule has 0 aliphatic heterocycles. The number of nitrogens with zero attached hydrogens (tertiary/aromatic N) is 2. The summed E-state index contributed by atoms with van der Waals surface area (Å²) in [5.41, 5.74) is 4.28. The summed E-state index contributed by atoms with van der Waals surface area (Å²) >= 11 is 1.63. The summed E-state index contributed by atoms with van der Waals surface area (Å²) in [6, 6.07) is 7.93. The Morgan fingerprint density at radius 3 is 2.70 bits per heavy atom. The molecule has 0 spiro atoms. The van der Waals surface area contributed by atoms with Gasteiger partial charge < -0.3 is 0 Å². The van der Waals surface area contributed by atoms with Crippen molar-refractivity contribution >= 4 is 17.7 Å². The van der Waals surface area contributed by atoms with Crippen LogP contribution < -0.4 is 11.3 Å². The van der Waals surface area contributed by atoms with E-state index >= 15 is 0 Å². The molecule has 0 aliphatic carbocycles. The van der Waals surface area contributed by atoms with E-state index in [-0.39, 0.29) is 11.8 Å². The number of amides is 1. The van der Waals surface area contributed by atoms with Crippen molar-refractivity contribution < 1.29 is 4.79 Å². The zero-order valence-corrected chi connectivity index (χ0v) is 11.9. The number of hydrazine groups is 1. The van der Waals surface area contributed by atoms with Gasteiger partial charge in [-0.25, -0.2) is 10.8 Å². The van der Waals surface area contributed by atoms with E-state index in [0.29, 0.717) is 0 Å². The predicted octanol–water partition coefficient (Wildman–Crippen LogP) is 1.86. The van der Waals surface area contributed by atoms with E-state index in [1.165, 1.54) is 5.56 Å². The van der Waals surface area contributed by atoms with E-state index in [1.807, 2.05) is 31.2 Å². The molecule has 1 aromatic carbocycles. The zero-order valence-electron chi connectivity index (χ0n) is 11.1. The van der Waals surface area contributed by atoms with Crippen LogP contribution in [-0.4, -0.2) is 15.9 Å². The van der Waals surface area contributed by atoms with Crippen molar-refractivity contribution in [3.8, 4) is 0 Å². The zero-order chi connectivity index (χ0) is 14.4. The number of carbonyl (C=O) groups excluding carboxylic acids is 1. The molecule has 0 saturated carbocycles. The standard InChI is InChI=1S/C14H16N4OS/c1-10(14(19)18-15)12-4-2-11(3-5-12)9-20-13-8-16-6-7-17-13/h2-8,10H,9,15H2,1H3,(H,18,19). The predicted molar refractivity (Wildman–Crippen MR) is 78.8 cm³/mol. The molecule has 0 radical (unpaired) electrons. The highest BCUT2D eigenvalue weighted by Gasteiger charge is 2.13. The summed E-state index contributed by atoms with van der Waals surface area (Å²) in [6.07, 6.45) is 5.08. The van der Waals surface area contributed by atoms with E-state index in [9.17, 15) is 4.79 Å². The minimum atomic E-state index is -0.248. The maximum atomic E-state index is 11.5. The second-order valence-electron chi connectivity index (χ2n) is 4.30. The summed E-state index contributed by atoms with van der Waals surface area (Å²) in [7, 11) is 0. The molecule has 104 valence electrons. The van der Waals surface area contributed by atoms with Crippen LogP contribution in [0.1, 0.15) is 24.0 Å². The molecule has 0 bridgehead atoms. The molecule has 0 aliphatic rings. The largest absolute Gasteiger partial charge is 0.294 e. The van der Waals surface area contributed by atoms with Gasteiger partial charge in [-0.1, -0.05) is 24.3 Å². The number of hydrogen-bond donors (Lipinski definition) is 2. The quantitative estimate of drug-likeness (QED) is 0.380. The topological polar surface area (TPSA) is 80.9 Å². The van der Waals surface area contributed by atoms with Gasteiger partial charge in [-0.05, 0) is 18.1 Å². The van der Waals surface area contributed by atoms with E-state index in [4.69, 9.17) is 5.84 Å². The Bertz CT molecular complexity index is 559. The lowest BCUT2D eigenvalue weighted by molar-refractivity contribution is -0.122. The van der Waals surface area contributed by atoms with E-state index in [2.05, 4.69) is 15.4 Å². The first-order valence-corrected chi connectivity index (χ1v) is 7.17. The Morgan fingerprint density at radius 2 is 2.10 bits per heavy atom. The van der Waals surface area contributed by atoms with Crippen LogP contribution in [0.15, 0.2) is 47.9 Å². The Hall–Kier alpha value is -1.92. The fraction of sp³-hybridized carbons (Fsp3) is 0.214. The highest BCUT2D eigenvalue weighted by atomic mass is 32.2. The minimum Gasteiger partial charge on any atom is -0.294 e. The first-order chi connectivity index (χ1) is 9.70. The normalized spacial score (nSPS) is 11.9. The van der Waals surface area contributed by atoms with Crippen molar-refractivity contribution in [2.45, 2.75) is 23.6 Å². The van der Waals surface area contributed by atoms with Crippen molar-refractivity contribution in [2.24, 2.45) is 5.84 Å². The summed E-state index contributed by atoms with van der Waals surface area (Å²) in [4.78, 5) is 19.7. The molecule has 1 aromatic heterocycles. The number of nitrogens with two attached hydrogens (primary N) is 1. The van der Waals surface area contributed by atoms with Crippen LogP contribution in [0, 0.1) is 0 Å². The second-order valence-corrected chi connectivity index (χ2v) is 5.30. The number of thioether (sulfide) groups is 1. The van der Waals surface area contributed by atoms with Crippen molar-refractivity contribution in [1.29, 1.82) is 0 Å². The molecule has 6 heteroatoms. The van der Waals surface area contributed by atoms with Crippen molar-refractivity contribution in [3.63, 3.8) is 0 Å². The molecule has 20 heavy (non-hydrogen) atoms. The average Bonchev–Trinajstić information content (AvgIpc) is 2.53. The molecule has 1 unspecified atom stereocenters. The van der Waals surface area contributed by atoms with Crippen molar-refractivity contribution in [2.75, 3.05) is 0 Å². The fourth-order valence-electron chi connectivity index (χ4n) is 1.70. The van der Waals surface area contributed by atoms with Crippen LogP contribution in [0.5, 0.6) is 0 Å². The Morgan fingerprint density at radius 1 is 1.35 bits per heavy atom. The van der Waals surface area contributed by atoms with Gasteiger partial charge in [0, 0.05) is 18.1 Å². The lowest BCUT2D eigenvalue weighted by Crippen LogP contribution is -2.33. The van der Waals surface area contributed by atoms with Gasteiger partial charge in [0.25, 0.3) is 0 Å². The Kier molecular flexibility index (Phi) is 5.09. The first-order valence-electron chi connectivity index (χ1n) is 6.19. The summed E-state index contributed by atoms with van der Waals surface area (Å²) < 4.78 is 0. The van der Waals surface area contributed by atoms with E-state index < -0.39 is 0 Å². The number of nitrogens with one attached hydrogen (secondary N) is 1. The number of aromatic nitrogens is 2. The number of benzene rings is 1. The minimum absolute atomic E-state index is 0.188. The molecular weight excluding hydrogens is 272 g/mol. The summed E-state index contributed by atoms with van der Waals surface area (Å²) in [6.45, 7) is 1.82. The van der Waals surface area contributed by atoms with Gasteiger partial charge in [-0.15, -0.1) is 11.8 Å². The van der Waals surface area contributed by atoms with Crippen LogP contribution in [0.25, 0.3) is 0 Å². The van der Waals surface area contributed by atoms with Gasteiger partial charge in [0.2, 0.25) is 5.91 Å². The molecule has 5 nitrogen and oxygen atoms in total. The molecular formula is C14H16N4OS. The molecule has 1 amide bonds. The Balaban J connectivity index is 1.96. The molecule has 2 rings (SSSR count). The van der Waals surface area contributed by atoms with Gasteiger partial charge in [0.15, 0.2) is 0 Å². The van der Waals surface area contributed by atoms with Gasteiger partial charge in [0.1, 0.15) is 5.03 Å². The molecule has 2 aromatic rings. The molecule has 0 saturated heterocycles. The highest BCUT2D eigenvalue weighted by molar-refractivity contribution is 7.98. The maximum absolute atomic E-state index is 11.5. The van der Waals surface area contributed by atoms with Crippen LogP contribution in [-0.2, 0) is 10.5 Å². The lowest BCUT2D eigenvalue weighted by Gasteiger charge is -2.10. The Labute approximate surface area is 122 Å². The molecule has 3 N–H and O–H groups in total. The van der Waals surface area contributed by atoms with Crippen molar-refractivity contribution in [1.82, 2.24) is 15.4 Å². The SMILES string of the molecule is CC(C(=O)NN)c1ccc(CSc2cnccn2)cc1. The number of rotatable bonds is 5. The van der Waals surface area contributed by atoms with Crippen LogP contribution in [0.2, 0.25) is 0 Å². The fourth-order valence-corrected chi connectivity index (χ4v) is 2.47. The summed E-state index contributed by atoms with van der Waals surface area (Å²) in [5.74, 6) is 5.52. The molecule has 0 fully saturated rings. The van der Waals surface area contributed by atoms with Gasteiger partial charge >= 0.3 is 0 Å². The maximum Gasteiger partial charge on any atom is 0.241 e.